The average molecular weight is 518 g/mol. The maximum Gasteiger partial charge on any atom is 0.242 e. The average Bonchev–Trinajstić information content (AvgIpc) is 3.53. The van der Waals surface area contributed by atoms with Crippen LogP contribution in [0.2, 0.25) is 0 Å². The molecule has 2 atom stereocenters. The van der Waals surface area contributed by atoms with Crippen LogP contribution < -0.4 is 5.43 Å². The van der Waals surface area contributed by atoms with Crippen molar-refractivity contribution in [2.45, 2.75) is 31.8 Å². The second-order valence-electron chi connectivity index (χ2n) is 8.90. The molecule has 3 aromatic rings. The summed E-state index contributed by atoms with van der Waals surface area (Å²) in [6.07, 6.45) is 2.07. The van der Waals surface area contributed by atoms with Crippen molar-refractivity contribution < 1.29 is 13.6 Å². The van der Waals surface area contributed by atoms with E-state index in [2.05, 4.69) is 10.5 Å². The van der Waals surface area contributed by atoms with Gasteiger partial charge in [-0.1, -0.05) is 78.0 Å². The van der Waals surface area contributed by atoms with Crippen LogP contribution in [0.5, 0.6) is 0 Å². The van der Waals surface area contributed by atoms with Crippen molar-refractivity contribution in [1.82, 2.24) is 10.4 Å². The van der Waals surface area contributed by atoms with E-state index < -0.39 is 17.7 Å². The molecule has 2 unspecified atom stereocenters. The third-order valence-corrected chi connectivity index (χ3v) is 7.25. The Morgan fingerprint density at radius 1 is 1.08 bits per heavy atom. The van der Waals surface area contributed by atoms with Crippen LogP contribution >= 0.6 is 11.8 Å². The van der Waals surface area contributed by atoms with Crippen LogP contribution in [-0.2, 0) is 4.79 Å². The molecular weight excluding hydrogens is 492 g/mol. The molecule has 37 heavy (non-hydrogen) atoms. The quantitative estimate of drug-likeness (QED) is 0.350. The third kappa shape index (κ3) is 5.77. The maximum atomic E-state index is 14.8. The topological polar surface area (TPSA) is 69.4 Å². The van der Waals surface area contributed by atoms with Gasteiger partial charge < -0.3 is 0 Å². The lowest BCUT2D eigenvalue weighted by Crippen LogP contribution is -2.26. The monoisotopic (exact) mass is 517 g/mol. The minimum Gasteiger partial charge on any atom is -0.273 e. The number of aryl methyl sites for hydroxylation is 1. The normalized spacial score (nSPS) is 19.3. The van der Waals surface area contributed by atoms with Gasteiger partial charge in [-0.3, -0.25) is 9.79 Å². The van der Waals surface area contributed by atoms with E-state index in [1.807, 2.05) is 61.5 Å². The van der Waals surface area contributed by atoms with E-state index >= 15 is 0 Å². The molecule has 0 fully saturated rings. The number of hydrazone groups is 2. The van der Waals surface area contributed by atoms with Crippen molar-refractivity contribution in [3.8, 4) is 0 Å². The van der Waals surface area contributed by atoms with Crippen LogP contribution in [0.4, 0.5) is 8.78 Å². The van der Waals surface area contributed by atoms with Gasteiger partial charge in [0.1, 0.15) is 11.6 Å². The molecule has 0 aliphatic carbocycles. The molecule has 0 spiro atoms. The Hall–Kier alpha value is -3.85. The first-order valence-corrected chi connectivity index (χ1v) is 12.9. The zero-order chi connectivity index (χ0) is 25.8. The summed E-state index contributed by atoms with van der Waals surface area (Å²) in [6, 6.07) is 20.2. The van der Waals surface area contributed by atoms with Gasteiger partial charge in [-0.15, -0.1) is 0 Å². The summed E-state index contributed by atoms with van der Waals surface area (Å²) >= 11 is 1.42. The van der Waals surface area contributed by atoms with Crippen molar-refractivity contribution >= 4 is 34.8 Å². The van der Waals surface area contributed by atoms with Gasteiger partial charge >= 0.3 is 0 Å². The summed E-state index contributed by atoms with van der Waals surface area (Å²) in [7, 11) is 0. The van der Waals surface area contributed by atoms with E-state index in [1.165, 1.54) is 30.0 Å². The number of hydrogen-bond donors (Lipinski definition) is 1. The fourth-order valence-electron chi connectivity index (χ4n) is 4.27. The van der Waals surface area contributed by atoms with Gasteiger partial charge in [0, 0.05) is 17.7 Å². The highest BCUT2D eigenvalue weighted by atomic mass is 32.2. The number of hydrogen-bond acceptors (Lipinski definition) is 6. The Balaban J connectivity index is 1.31. The van der Waals surface area contributed by atoms with E-state index in [1.54, 1.807) is 11.2 Å². The Labute approximate surface area is 218 Å². The number of aliphatic imine (C=N–C) groups is 1. The first-order valence-electron chi connectivity index (χ1n) is 11.9. The number of amides is 1. The smallest absolute Gasteiger partial charge is 0.242 e. The molecular formula is C28H25F2N5OS. The lowest BCUT2D eigenvalue weighted by atomic mass is 9.98. The van der Waals surface area contributed by atoms with E-state index in [9.17, 15) is 13.6 Å². The van der Waals surface area contributed by atoms with Gasteiger partial charge in [0.05, 0.1) is 30.4 Å². The van der Waals surface area contributed by atoms with Crippen molar-refractivity contribution in [1.29, 1.82) is 0 Å². The van der Waals surface area contributed by atoms with Crippen LogP contribution in [0.25, 0.3) is 0 Å². The van der Waals surface area contributed by atoms with Crippen LogP contribution in [0, 0.1) is 18.6 Å². The highest BCUT2D eigenvalue weighted by molar-refractivity contribution is 8.14. The summed E-state index contributed by atoms with van der Waals surface area (Å²) in [6.45, 7) is 2.00. The predicted octanol–water partition coefficient (Wildman–Crippen LogP) is 5.44. The van der Waals surface area contributed by atoms with Crippen LogP contribution in [0.3, 0.4) is 0 Å². The van der Waals surface area contributed by atoms with Gasteiger partial charge in [0.2, 0.25) is 5.91 Å². The lowest BCUT2D eigenvalue weighted by Gasteiger charge is -2.23. The van der Waals surface area contributed by atoms with Gasteiger partial charge in [-0.05, 0) is 30.2 Å². The lowest BCUT2D eigenvalue weighted by molar-refractivity contribution is -0.121. The van der Waals surface area contributed by atoms with Crippen molar-refractivity contribution in [2.75, 3.05) is 5.75 Å². The predicted molar refractivity (Wildman–Crippen MR) is 144 cm³/mol. The van der Waals surface area contributed by atoms with Gasteiger partial charge in [-0.2, -0.15) is 10.2 Å². The minimum atomic E-state index is -0.672. The Morgan fingerprint density at radius 3 is 2.54 bits per heavy atom. The van der Waals surface area contributed by atoms with Gasteiger partial charge in [0.25, 0.3) is 0 Å². The van der Waals surface area contributed by atoms with E-state index in [0.717, 1.165) is 22.4 Å². The molecule has 0 bridgehead atoms. The molecule has 0 saturated heterocycles. The van der Waals surface area contributed by atoms with Crippen molar-refractivity contribution in [3.05, 3.63) is 107 Å². The molecule has 2 aliphatic rings. The number of carbonyl (C=O) groups is 1. The molecule has 3 aromatic carbocycles. The molecule has 188 valence electrons. The molecule has 2 aliphatic heterocycles. The van der Waals surface area contributed by atoms with E-state index in [-0.39, 0.29) is 23.9 Å². The molecule has 1 amide bonds. The van der Waals surface area contributed by atoms with Gasteiger partial charge in [0.15, 0.2) is 5.17 Å². The zero-order valence-electron chi connectivity index (χ0n) is 20.1. The van der Waals surface area contributed by atoms with Crippen LogP contribution in [-0.4, -0.2) is 39.8 Å². The minimum absolute atomic E-state index is 0.0351. The number of nitrogens with zero attached hydrogens (tertiary/aromatic N) is 4. The summed E-state index contributed by atoms with van der Waals surface area (Å²) < 4.78 is 29.5. The van der Waals surface area contributed by atoms with Crippen LogP contribution in [0.15, 0.2) is 88.0 Å². The summed E-state index contributed by atoms with van der Waals surface area (Å²) in [5.74, 6) is -0.939. The van der Waals surface area contributed by atoms with Crippen molar-refractivity contribution in [2.24, 2.45) is 15.2 Å². The fraction of sp³-hybridized carbons (Fsp3) is 0.214. The van der Waals surface area contributed by atoms with Crippen LogP contribution in [0.1, 0.15) is 41.1 Å². The zero-order valence-corrected chi connectivity index (χ0v) is 21.0. The molecule has 2 heterocycles. The second-order valence-corrected chi connectivity index (χ2v) is 9.88. The van der Waals surface area contributed by atoms with E-state index in [0.29, 0.717) is 17.3 Å². The first kappa shape index (κ1) is 24.8. The van der Waals surface area contributed by atoms with Gasteiger partial charge in [-0.25, -0.2) is 19.2 Å². The molecule has 5 rings (SSSR count). The second kappa shape index (κ2) is 11.0. The van der Waals surface area contributed by atoms with E-state index in [4.69, 9.17) is 10.1 Å². The largest absolute Gasteiger partial charge is 0.273 e. The molecule has 0 radical (unpaired) electrons. The summed E-state index contributed by atoms with van der Waals surface area (Å²) in [4.78, 5) is 17.1. The number of rotatable bonds is 6. The Bertz CT molecular complexity index is 1350. The molecule has 0 aromatic heterocycles. The fourth-order valence-corrected chi connectivity index (χ4v) is 5.33. The molecule has 1 N–H and O–H groups in total. The Kier molecular flexibility index (Phi) is 7.41. The highest BCUT2D eigenvalue weighted by Gasteiger charge is 2.37. The number of carbonyl (C=O) groups excluding carboxylic acids is 1. The standard InChI is InChI=1S/C28H25F2N5OS/c1-18-10-12-19(13-11-18)16-31-33-26(36)14-21-17-37-28(32-21)35-25(27-22(29)8-5-9-23(27)30)15-24(34-35)20-6-3-2-4-7-20/h2-13,16,21,25H,14-15,17H2,1H3,(H,33,36)/b31-16+. The molecule has 0 saturated carbocycles. The highest BCUT2D eigenvalue weighted by Crippen LogP contribution is 2.39. The Morgan fingerprint density at radius 2 is 1.81 bits per heavy atom. The molecule has 9 heteroatoms. The number of benzene rings is 3. The number of amidine groups is 1. The summed E-state index contributed by atoms with van der Waals surface area (Å²) in [5, 5.41) is 10.9. The third-order valence-electron chi connectivity index (χ3n) is 6.15. The SMILES string of the molecule is Cc1ccc(/C=N/NC(=O)CC2CSC(N3N=C(c4ccccc4)CC3c3c(F)cccc3F)=N2)cc1. The maximum absolute atomic E-state index is 14.8. The molecule has 6 nitrogen and oxygen atoms in total. The summed E-state index contributed by atoms with van der Waals surface area (Å²) in [5.41, 5.74) is 6.15. The van der Waals surface area contributed by atoms with Crippen molar-refractivity contribution in [3.63, 3.8) is 0 Å². The number of thioether (sulfide) groups is 1. The number of halogens is 2. The number of nitrogens with one attached hydrogen (secondary N) is 1. The first-order chi connectivity index (χ1) is 18.0.